The molecule has 0 aliphatic rings. The van der Waals surface area contributed by atoms with Crippen LogP contribution in [0, 0.1) is 0 Å². The molecule has 0 aliphatic heterocycles. The fourth-order valence-electron chi connectivity index (χ4n) is 1.07. The van der Waals surface area contributed by atoms with Crippen molar-refractivity contribution in [2.75, 3.05) is 13.7 Å². The van der Waals surface area contributed by atoms with Crippen molar-refractivity contribution in [3.8, 4) is 0 Å². The highest BCUT2D eigenvalue weighted by atomic mass is 32.1. The molecule has 0 aromatic rings. The van der Waals surface area contributed by atoms with E-state index < -0.39 is 5.79 Å². The van der Waals surface area contributed by atoms with E-state index in [0.29, 0.717) is 13.0 Å². The quantitative estimate of drug-likeness (QED) is 0.219. The summed E-state index contributed by atoms with van der Waals surface area (Å²) >= 11 is 3.74. The molecular weight excluding hydrogens is 216 g/mol. The van der Waals surface area contributed by atoms with E-state index in [4.69, 9.17) is 14.7 Å². The predicted octanol–water partition coefficient (Wildman–Crippen LogP) is 1.34. The van der Waals surface area contributed by atoms with Crippen LogP contribution in [-0.2, 0) is 13.8 Å². The molecule has 0 aliphatic carbocycles. The fourth-order valence-corrected chi connectivity index (χ4v) is 1.11. The van der Waals surface area contributed by atoms with Gasteiger partial charge < -0.3 is 15.3 Å². The van der Waals surface area contributed by atoms with Gasteiger partial charge in [0.05, 0.1) is 6.10 Å². The molecular formula is C9H20N2O3S. The smallest absolute Gasteiger partial charge is 0.175 e. The summed E-state index contributed by atoms with van der Waals surface area (Å²) in [4.78, 5) is 4.56. The molecule has 0 aromatic carbocycles. The van der Waals surface area contributed by atoms with E-state index in [1.807, 2.05) is 0 Å². The molecule has 0 heterocycles. The van der Waals surface area contributed by atoms with Gasteiger partial charge in [-0.2, -0.15) is 0 Å². The monoisotopic (exact) mass is 236 g/mol. The van der Waals surface area contributed by atoms with Crippen LogP contribution in [0.1, 0.15) is 26.7 Å². The highest BCUT2D eigenvalue weighted by Gasteiger charge is 2.22. The van der Waals surface area contributed by atoms with Gasteiger partial charge in [0, 0.05) is 12.6 Å². The highest BCUT2D eigenvalue weighted by molar-refractivity contribution is 7.75. The first kappa shape index (κ1) is 14.7. The van der Waals surface area contributed by atoms with Crippen molar-refractivity contribution < 1.29 is 13.8 Å². The third-order valence-corrected chi connectivity index (χ3v) is 2.15. The molecule has 0 bridgehead atoms. The van der Waals surface area contributed by atoms with Crippen molar-refractivity contribution in [1.82, 2.24) is 0 Å². The topological polar surface area (TPSA) is 66.1 Å². The lowest BCUT2D eigenvalue weighted by Gasteiger charge is -2.27. The van der Waals surface area contributed by atoms with Crippen LogP contribution in [0.25, 0.3) is 0 Å². The lowest BCUT2D eigenvalue weighted by atomic mass is 10.2. The number of hydrogen-bond acceptors (Lipinski definition) is 6. The summed E-state index contributed by atoms with van der Waals surface area (Å²) in [7, 11) is 1.50. The zero-order valence-electron chi connectivity index (χ0n) is 9.47. The maximum Gasteiger partial charge on any atom is 0.175 e. The van der Waals surface area contributed by atoms with E-state index in [1.54, 1.807) is 20.1 Å². The molecule has 0 spiro atoms. The third kappa shape index (κ3) is 7.61. The molecule has 5 nitrogen and oxygen atoms in total. The third-order valence-electron chi connectivity index (χ3n) is 1.71. The van der Waals surface area contributed by atoms with Crippen molar-refractivity contribution in [2.45, 2.75) is 38.6 Å². The molecule has 0 radical (unpaired) electrons. The Kier molecular flexibility index (Phi) is 7.76. The maximum absolute atomic E-state index is 5.65. The first-order valence-corrected chi connectivity index (χ1v) is 5.17. The molecule has 0 saturated carbocycles. The lowest BCUT2D eigenvalue weighted by Crippen LogP contribution is -2.32. The van der Waals surface area contributed by atoms with E-state index in [9.17, 15) is 0 Å². The minimum atomic E-state index is -0.732. The van der Waals surface area contributed by atoms with Crippen molar-refractivity contribution in [1.29, 1.82) is 0 Å². The summed E-state index contributed by atoms with van der Waals surface area (Å²) in [6, 6.07) is 0. The van der Waals surface area contributed by atoms with Crippen LogP contribution >= 0.6 is 12.9 Å². The minimum Gasteiger partial charge on any atom is -0.399 e. The molecule has 2 N–H and O–H groups in total. The standard InChI is InChI=1S/C9H20N2O3S/c1-9(2,14-15)13-8(4-6-10)5-7-11-12-3/h7-8,15H,4-6,10H2,1-3H3/b11-7-/t8-/m1/s1. The van der Waals surface area contributed by atoms with Crippen LogP contribution in [0.2, 0.25) is 0 Å². The summed E-state index contributed by atoms with van der Waals surface area (Å²) in [6.07, 6.45) is 2.97. The van der Waals surface area contributed by atoms with Gasteiger partial charge in [-0.15, -0.1) is 0 Å². The normalized spacial score (nSPS) is 14.5. The molecule has 6 heteroatoms. The van der Waals surface area contributed by atoms with E-state index in [0.717, 1.165) is 6.42 Å². The summed E-state index contributed by atoms with van der Waals surface area (Å²) in [5.74, 6) is -0.732. The fraction of sp³-hybridized carbons (Fsp3) is 0.889. The number of oxime groups is 1. The Labute approximate surface area is 96.6 Å². The van der Waals surface area contributed by atoms with Gasteiger partial charge in [-0.25, -0.2) is 0 Å². The first-order valence-electron chi connectivity index (χ1n) is 4.81. The summed E-state index contributed by atoms with van der Waals surface area (Å²) in [5.41, 5.74) is 5.48. The zero-order valence-corrected chi connectivity index (χ0v) is 10.4. The summed E-state index contributed by atoms with van der Waals surface area (Å²) < 4.78 is 10.5. The van der Waals surface area contributed by atoms with Crippen LogP contribution in [0.4, 0.5) is 0 Å². The lowest BCUT2D eigenvalue weighted by molar-refractivity contribution is -0.177. The Bertz CT molecular complexity index is 188. The van der Waals surface area contributed by atoms with E-state index >= 15 is 0 Å². The average molecular weight is 236 g/mol. The molecule has 0 rings (SSSR count). The molecule has 0 unspecified atom stereocenters. The number of rotatable bonds is 8. The van der Waals surface area contributed by atoms with E-state index in [1.165, 1.54) is 7.11 Å². The minimum absolute atomic E-state index is 0.0453. The van der Waals surface area contributed by atoms with Gasteiger partial charge >= 0.3 is 0 Å². The van der Waals surface area contributed by atoms with Gasteiger partial charge in [-0.1, -0.05) is 5.16 Å². The molecule has 15 heavy (non-hydrogen) atoms. The van der Waals surface area contributed by atoms with Crippen LogP contribution in [-0.4, -0.2) is 31.8 Å². The maximum atomic E-state index is 5.65. The van der Waals surface area contributed by atoms with Crippen LogP contribution in [0.15, 0.2) is 5.16 Å². The number of thiol groups is 1. The van der Waals surface area contributed by atoms with Gasteiger partial charge in [-0.05, 0) is 39.7 Å². The van der Waals surface area contributed by atoms with Gasteiger partial charge in [0.1, 0.15) is 7.11 Å². The van der Waals surface area contributed by atoms with Crippen molar-refractivity contribution in [3.05, 3.63) is 0 Å². The van der Waals surface area contributed by atoms with Gasteiger partial charge in [0.15, 0.2) is 5.79 Å². The molecule has 0 saturated heterocycles. The second-order valence-electron chi connectivity index (χ2n) is 3.51. The van der Waals surface area contributed by atoms with Crippen LogP contribution in [0.3, 0.4) is 0 Å². The Morgan fingerprint density at radius 2 is 2.20 bits per heavy atom. The van der Waals surface area contributed by atoms with Crippen LogP contribution < -0.4 is 5.73 Å². The SMILES string of the molecule is CO/N=C\C[C@@H](CCN)OC(C)(C)OS. The first-order chi connectivity index (χ1) is 7.05. The highest BCUT2D eigenvalue weighted by Crippen LogP contribution is 2.18. The molecule has 90 valence electrons. The number of nitrogens with two attached hydrogens (primary N) is 1. The summed E-state index contributed by atoms with van der Waals surface area (Å²) in [6.45, 7) is 4.13. The second kappa shape index (κ2) is 7.92. The van der Waals surface area contributed by atoms with Crippen molar-refractivity contribution >= 4 is 19.1 Å². The largest absolute Gasteiger partial charge is 0.399 e. The van der Waals surface area contributed by atoms with Gasteiger partial charge in [0.25, 0.3) is 0 Å². The van der Waals surface area contributed by atoms with Gasteiger partial charge in [0.2, 0.25) is 0 Å². The Hall–Kier alpha value is -0.300. The van der Waals surface area contributed by atoms with Crippen LogP contribution in [0.5, 0.6) is 0 Å². The van der Waals surface area contributed by atoms with E-state index in [2.05, 4.69) is 22.9 Å². The number of nitrogens with zero attached hydrogens (tertiary/aromatic N) is 1. The Morgan fingerprint density at radius 3 is 2.67 bits per heavy atom. The summed E-state index contributed by atoms with van der Waals surface area (Å²) in [5, 5.41) is 3.64. The van der Waals surface area contributed by atoms with Crippen molar-refractivity contribution in [3.63, 3.8) is 0 Å². The van der Waals surface area contributed by atoms with Crippen molar-refractivity contribution in [2.24, 2.45) is 10.9 Å². The number of hydrogen-bond donors (Lipinski definition) is 2. The molecule has 0 fully saturated rings. The average Bonchev–Trinajstić information content (AvgIpc) is 2.18. The number of ether oxygens (including phenoxy) is 1. The molecule has 0 amide bonds. The molecule has 0 aromatic heterocycles. The van der Waals surface area contributed by atoms with E-state index in [-0.39, 0.29) is 6.10 Å². The zero-order chi connectivity index (χ0) is 11.7. The Balaban J connectivity index is 4.08. The Morgan fingerprint density at radius 1 is 1.53 bits per heavy atom. The molecule has 1 atom stereocenters. The van der Waals surface area contributed by atoms with Gasteiger partial charge in [-0.3, -0.25) is 4.18 Å². The second-order valence-corrected chi connectivity index (χ2v) is 3.70. The predicted molar refractivity (Wildman–Crippen MR) is 62.8 cm³/mol.